The number of aliphatic carboxylic acids is 1. The van der Waals surface area contributed by atoms with Gasteiger partial charge in [0.2, 0.25) is 0 Å². The third kappa shape index (κ3) is 2.92. The van der Waals surface area contributed by atoms with E-state index in [0.717, 1.165) is 5.56 Å². The van der Waals surface area contributed by atoms with Crippen LogP contribution in [0.2, 0.25) is 0 Å². The number of carboxylic acids is 1. The van der Waals surface area contributed by atoms with Gasteiger partial charge in [0, 0.05) is 0 Å². The minimum Gasteiger partial charge on any atom is -0.481 e. The molecule has 0 spiro atoms. The first-order valence-corrected chi connectivity index (χ1v) is 7.05. The standard InChI is InChI=1S/C16H22O2/c1-2-15(16(17)18)14-10-8-13(9-11-14)12-6-4-3-5-7-12/h8-12,15H,2-7H2,1H3,(H,17,18). The molecular weight excluding hydrogens is 224 g/mol. The molecule has 0 radical (unpaired) electrons. The number of hydrogen-bond donors (Lipinski definition) is 1. The third-order valence-electron chi connectivity index (χ3n) is 4.12. The van der Waals surface area contributed by atoms with Crippen LogP contribution in [0.4, 0.5) is 0 Å². The number of carboxylic acid groups (broad SMARTS) is 1. The summed E-state index contributed by atoms with van der Waals surface area (Å²) in [6.45, 7) is 1.92. The van der Waals surface area contributed by atoms with Gasteiger partial charge in [-0.15, -0.1) is 0 Å². The molecule has 1 aromatic rings. The van der Waals surface area contributed by atoms with E-state index in [4.69, 9.17) is 5.11 Å². The summed E-state index contributed by atoms with van der Waals surface area (Å²) < 4.78 is 0. The number of rotatable bonds is 4. The van der Waals surface area contributed by atoms with Crippen LogP contribution in [0.25, 0.3) is 0 Å². The summed E-state index contributed by atoms with van der Waals surface area (Å²) in [5, 5.41) is 9.14. The topological polar surface area (TPSA) is 37.3 Å². The van der Waals surface area contributed by atoms with Gasteiger partial charge in [-0.05, 0) is 36.3 Å². The van der Waals surface area contributed by atoms with E-state index in [-0.39, 0.29) is 5.92 Å². The molecule has 1 aliphatic carbocycles. The fraction of sp³-hybridized carbons (Fsp3) is 0.562. The van der Waals surface area contributed by atoms with Gasteiger partial charge in [0.25, 0.3) is 0 Å². The smallest absolute Gasteiger partial charge is 0.310 e. The Morgan fingerprint density at radius 2 is 1.83 bits per heavy atom. The summed E-state index contributed by atoms with van der Waals surface area (Å²) in [7, 11) is 0. The molecule has 2 nitrogen and oxygen atoms in total. The monoisotopic (exact) mass is 246 g/mol. The Labute approximate surface area is 109 Å². The van der Waals surface area contributed by atoms with E-state index in [0.29, 0.717) is 12.3 Å². The Bertz CT molecular complexity index is 388. The number of hydrogen-bond acceptors (Lipinski definition) is 1. The fourth-order valence-electron chi connectivity index (χ4n) is 2.99. The second-order valence-corrected chi connectivity index (χ2v) is 5.30. The Balaban J connectivity index is 2.11. The van der Waals surface area contributed by atoms with Gasteiger partial charge in [0.1, 0.15) is 0 Å². The summed E-state index contributed by atoms with van der Waals surface area (Å²) in [4.78, 5) is 11.1. The van der Waals surface area contributed by atoms with Crippen LogP contribution < -0.4 is 0 Å². The summed E-state index contributed by atoms with van der Waals surface area (Å²) in [6.07, 6.45) is 7.26. The Morgan fingerprint density at radius 3 is 2.33 bits per heavy atom. The highest BCUT2D eigenvalue weighted by Gasteiger charge is 2.19. The van der Waals surface area contributed by atoms with Crippen LogP contribution in [0, 0.1) is 0 Å². The van der Waals surface area contributed by atoms with Gasteiger partial charge in [-0.2, -0.15) is 0 Å². The highest BCUT2D eigenvalue weighted by Crippen LogP contribution is 2.33. The quantitative estimate of drug-likeness (QED) is 0.859. The van der Waals surface area contributed by atoms with Crippen LogP contribution >= 0.6 is 0 Å². The van der Waals surface area contributed by atoms with Crippen LogP contribution in [-0.2, 0) is 4.79 Å². The first-order valence-electron chi connectivity index (χ1n) is 7.05. The minimum absolute atomic E-state index is 0.356. The van der Waals surface area contributed by atoms with Crippen LogP contribution in [-0.4, -0.2) is 11.1 Å². The Morgan fingerprint density at radius 1 is 1.22 bits per heavy atom. The van der Waals surface area contributed by atoms with E-state index in [1.165, 1.54) is 37.7 Å². The van der Waals surface area contributed by atoms with Gasteiger partial charge in [-0.3, -0.25) is 4.79 Å². The van der Waals surface area contributed by atoms with Crippen LogP contribution in [0.3, 0.4) is 0 Å². The predicted molar refractivity (Wildman–Crippen MR) is 72.9 cm³/mol. The first-order chi connectivity index (χ1) is 8.72. The molecule has 0 saturated heterocycles. The lowest BCUT2D eigenvalue weighted by molar-refractivity contribution is -0.138. The van der Waals surface area contributed by atoms with E-state index in [2.05, 4.69) is 12.1 Å². The van der Waals surface area contributed by atoms with Crippen molar-refractivity contribution in [2.75, 3.05) is 0 Å². The molecule has 1 atom stereocenters. The molecule has 1 unspecified atom stereocenters. The second kappa shape index (κ2) is 6.03. The zero-order valence-corrected chi connectivity index (χ0v) is 11.1. The second-order valence-electron chi connectivity index (χ2n) is 5.30. The predicted octanol–water partition coefficient (Wildman–Crippen LogP) is 4.31. The van der Waals surface area contributed by atoms with Crippen molar-refractivity contribution in [1.82, 2.24) is 0 Å². The van der Waals surface area contributed by atoms with Crippen molar-refractivity contribution in [1.29, 1.82) is 0 Å². The first kappa shape index (κ1) is 13.1. The van der Waals surface area contributed by atoms with Gasteiger partial charge in [-0.1, -0.05) is 50.5 Å². The van der Waals surface area contributed by atoms with Crippen LogP contribution in [0.1, 0.15) is 68.4 Å². The molecule has 1 aromatic carbocycles. The maximum absolute atomic E-state index is 11.1. The molecule has 1 aliphatic rings. The average molecular weight is 246 g/mol. The lowest BCUT2D eigenvalue weighted by atomic mass is 9.83. The Kier molecular flexibility index (Phi) is 4.40. The largest absolute Gasteiger partial charge is 0.481 e. The molecule has 2 heteroatoms. The van der Waals surface area contributed by atoms with Crippen molar-refractivity contribution in [3.8, 4) is 0 Å². The summed E-state index contributed by atoms with van der Waals surface area (Å²) in [5.74, 6) is -0.383. The van der Waals surface area contributed by atoms with Crippen molar-refractivity contribution in [3.05, 3.63) is 35.4 Å². The number of benzene rings is 1. The zero-order chi connectivity index (χ0) is 13.0. The van der Waals surface area contributed by atoms with E-state index in [9.17, 15) is 4.79 Å². The maximum Gasteiger partial charge on any atom is 0.310 e. The Hall–Kier alpha value is -1.31. The molecule has 0 heterocycles. The van der Waals surface area contributed by atoms with Gasteiger partial charge in [-0.25, -0.2) is 0 Å². The molecule has 1 saturated carbocycles. The highest BCUT2D eigenvalue weighted by atomic mass is 16.4. The molecule has 0 aromatic heterocycles. The maximum atomic E-state index is 11.1. The fourth-order valence-corrected chi connectivity index (χ4v) is 2.99. The van der Waals surface area contributed by atoms with Gasteiger partial charge < -0.3 is 5.11 Å². The zero-order valence-electron chi connectivity index (χ0n) is 11.1. The summed E-state index contributed by atoms with van der Waals surface area (Å²) >= 11 is 0. The third-order valence-corrected chi connectivity index (χ3v) is 4.12. The lowest BCUT2D eigenvalue weighted by Crippen LogP contribution is -2.11. The molecule has 0 aliphatic heterocycles. The van der Waals surface area contributed by atoms with Gasteiger partial charge in [0.15, 0.2) is 0 Å². The van der Waals surface area contributed by atoms with E-state index in [1.807, 2.05) is 19.1 Å². The van der Waals surface area contributed by atoms with Crippen molar-refractivity contribution in [2.24, 2.45) is 0 Å². The molecule has 2 rings (SSSR count). The summed E-state index contributed by atoms with van der Waals surface area (Å²) in [5.41, 5.74) is 2.32. The molecule has 98 valence electrons. The molecule has 1 fully saturated rings. The molecule has 0 bridgehead atoms. The SMILES string of the molecule is CCC(C(=O)O)c1ccc(C2CCCCC2)cc1. The van der Waals surface area contributed by atoms with Gasteiger partial charge in [0.05, 0.1) is 5.92 Å². The molecule has 1 N–H and O–H groups in total. The normalized spacial score (nSPS) is 18.5. The van der Waals surface area contributed by atoms with E-state index < -0.39 is 5.97 Å². The van der Waals surface area contributed by atoms with E-state index >= 15 is 0 Å². The van der Waals surface area contributed by atoms with E-state index in [1.54, 1.807) is 0 Å². The van der Waals surface area contributed by atoms with Crippen molar-refractivity contribution in [3.63, 3.8) is 0 Å². The average Bonchev–Trinajstić information content (AvgIpc) is 2.41. The number of carbonyl (C=O) groups is 1. The molecule has 18 heavy (non-hydrogen) atoms. The van der Waals surface area contributed by atoms with Crippen LogP contribution in [0.5, 0.6) is 0 Å². The molecule has 0 amide bonds. The highest BCUT2D eigenvalue weighted by molar-refractivity contribution is 5.75. The lowest BCUT2D eigenvalue weighted by Gasteiger charge is -2.22. The van der Waals surface area contributed by atoms with Gasteiger partial charge >= 0.3 is 5.97 Å². The minimum atomic E-state index is -0.720. The summed E-state index contributed by atoms with van der Waals surface area (Å²) in [6, 6.07) is 8.28. The van der Waals surface area contributed by atoms with Crippen molar-refractivity contribution in [2.45, 2.75) is 57.3 Å². The van der Waals surface area contributed by atoms with Crippen molar-refractivity contribution < 1.29 is 9.90 Å². The molecular formula is C16H22O2. The van der Waals surface area contributed by atoms with Crippen LogP contribution in [0.15, 0.2) is 24.3 Å². The van der Waals surface area contributed by atoms with Crippen molar-refractivity contribution >= 4 is 5.97 Å².